The number of para-hydroxylation sites is 1. The zero-order valence-corrected chi connectivity index (χ0v) is 6.75. The van der Waals surface area contributed by atoms with Gasteiger partial charge in [-0.15, -0.1) is 0 Å². The maximum Gasteiger partial charge on any atom is 0.103 e. The molecule has 12 heavy (non-hydrogen) atoms. The van der Waals surface area contributed by atoms with Gasteiger partial charge in [0.1, 0.15) is 6.54 Å². The first kappa shape index (κ1) is 8.57. The van der Waals surface area contributed by atoms with Crippen LogP contribution < -0.4 is 11.1 Å². The Morgan fingerprint density at radius 2 is 2.17 bits per heavy atom. The lowest BCUT2D eigenvalue weighted by Gasteiger charge is -2.06. The van der Waals surface area contributed by atoms with E-state index in [1.165, 1.54) is 0 Å². The van der Waals surface area contributed by atoms with Crippen molar-refractivity contribution in [1.29, 1.82) is 5.26 Å². The summed E-state index contributed by atoms with van der Waals surface area (Å²) in [6.45, 7) is 0.811. The van der Waals surface area contributed by atoms with E-state index in [2.05, 4.69) is 5.32 Å². The van der Waals surface area contributed by atoms with Crippen molar-refractivity contribution in [2.45, 2.75) is 6.54 Å². The number of nitriles is 1. The summed E-state index contributed by atoms with van der Waals surface area (Å²) in [4.78, 5) is 0. The maximum atomic E-state index is 8.35. The van der Waals surface area contributed by atoms with Gasteiger partial charge in [-0.2, -0.15) is 5.26 Å². The maximum absolute atomic E-state index is 8.35. The van der Waals surface area contributed by atoms with E-state index in [9.17, 15) is 0 Å². The van der Waals surface area contributed by atoms with Crippen molar-refractivity contribution < 1.29 is 0 Å². The van der Waals surface area contributed by atoms with Crippen molar-refractivity contribution in [3.8, 4) is 6.07 Å². The Morgan fingerprint density at radius 3 is 2.83 bits per heavy atom. The van der Waals surface area contributed by atoms with Gasteiger partial charge < -0.3 is 11.1 Å². The molecular formula is C9H11N3. The molecule has 0 heterocycles. The van der Waals surface area contributed by atoms with Crippen LogP contribution in [0.3, 0.4) is 0 Å². The molecule has 3 heteroatoms. The summed E-state index contributed by atoms with van der Waals surface area (Å²) in [5.74, 6) is 0. The molecule has 0 saturated carbocycles. The van der Waals surface area contributed by atoms with Crippen LogP contribution in [-0.4, -0.2) is 6.54 Å². The van der Waals surface area contributed by atoms with Gasteiger partial charge in [0.2, 0.25) is 0 Å². The molecular weight excluding hydrogens is 150 g/mol. The van der Waals surface area contributed by atoms with Crippen molar-refractivity contribution in [3.05, 3.63) is 29.8 Å². The molecule has 1 rings (SSSR count). The summed E-state index contributed by atoms with van der Waals surface area (Å²) in [5, 5.41) is 11.3. The van der Waals surface area contributed by atoms with Crippen molar-refractivity contribution >= 4 is 5.69 Å². The lowest BCUT2D eigenvalue weighted by Crippen LogP contribution is -2.05. The molecule has 1 aromatic carbocycles. The van der Waals surface area contributed by atoms with Crippen LogP contribution in [0.15, 0.2) is 24.3 Å². The standard InChI is InChI=1S/C9H11N3/c10-5-6-12-9-4-2-1-3-8(9)7-11/h1-4,12H,6-7,11H2. The fraction of sp³-hybridized carbons (Fsp3) is 0.222. The quantitative estimate of drug-likeness (QED) is 0.652. The number of nitrogens with two attached hydrogens (primary N) is 1. The molecule has 0 unspecified atom stereocenters. The van der Waals surface area contributed by atoms with Gasteiger partial charge in [-0.1, -0.05) is 18.2 Å². The average molecular weight is 161 g/mol. The average Bonchev–Trinajstić information content (AvgIpc) is 2.15. The van der Waals surface area contributed by atoms with Crippen LogP contribution in [0.4, 0.5) is 5.69 Å². The summed E-state index contributed by atoms with van der Waals surface area (Å²) in [6, 6.07) is 9.72. The van der Waals surface area contributed by atoms with Crippen LogP contribution in [0, 0.1) is 11.3 Å². The molecule has 0 aliphatic carbocycles. The Balaban J connectivity index is 2.76. The first-order valence-electron chi connectivity index (χ1n) is 3.77. The van der Waals surface area contributed by atoms with Crippen LogP contribution in [-0.2, 0) is 6.54 Å². The number of nitrogens with zero attached hydrogens (tertiary/aromatic N) is 1. The number of rotatable bonds is 3. The SMILES string of the molecule is N#CCNc1ccccc1CN. The van der Waals surface area contributed by atoms with Crippen LogP contribution in [0.25, 0.3) is 0 Å². The predicted octanol–water partition coefficient (Wildman–Crippen LogP) is 1.08. The third-order valence-corrected chi connectivity index (χ3v) is 1.60. The Morgan fingerprint density at radius 1 is 1.42 bits per heavy atom. The molecule has 0 radical (unpaired) electrons. The van der Waals surface area contributed by atoms with E-state index in [4.69, 9.17) is 11.0 Å². The Labute approximate surface area is 71.8 Å². The van der Waals surface area contributed by atoms with Crippen LogP contribution in [0.1, 0.15) is 5.56 Å². The molecule has 62 valence electrons. The van der Waals surface area contributed by atoms with Gasteiger partial charge in [0, 0.05) is 12.2 Å². The molecule has 0 aromatic heterocycles. The fourth-order valence-electron chi connectivity index (χ4n) is 1.01. The van der Waals surface area contributed by atoms with E-state index in [1.807, 2.05) is 30.3 Å². The summed E-state index contributed by atoms with van der Waals surface area (Å²) in [6.07, 6.45) is 0. The molecule has 0 bridgehead atoms. The first-order chi connectivity index (χ1) is 5.88. The highest BCUT2D eigenvalue weighted by atomic mass is 14.9. The molecule has 0 saturated heterocycles. The van der Waals surface area contributed by atoms with Gasteiger partial charge in [-0.3, -0.25) is 0 Å². The Hall–Kier alpha value is -1.53. The second-order valence-electron chi connectivity index (χ2n) is 2.37. The number of nitrogens with one attached hydrogen (secondary N) is 1. The summed E-state index contributed by atoms with van der Waals surface area (Å²) < 4.78 is 0. The molecule has 0 aliphatic heterocycles. The van der Waals surface area contributed by atoms with Crippen LogP contribution >= 0.6 is 0 Å². The van der Waals surface area contributed by atoms with Crippen molar-refractivity contribution in [2.24, 2.45) is 5.73 Å². The fourth-order valence-corrected chi connectivity index (χ4v) is 1.01. The van der Waals surface area contributed by atoms with E-state index < -0.39 is 0 Å². The van der Waals surface area contributed by atoms with Gasteiger partial charge in [-0.25, -0.2) is 0 Å². The topological polar surface area (TPSA) is 61.8 Å². The highest BCUT2D eigenvalue weighted by molar-refractivity contribution is 5.51. The predicted molar refractivity (Wildman–Crippen MR) is 48.4 cm³/mol. The lowest BCUT2D eigenvalue weighted by atomic mass is 10.2. The summed E-state index contributed by atoms with van der Waals surface area (Å²) in [7, 11) is 0. The van der Waals surface area contributed by atoms with Crippen LogP contribution in [0.2, 0.25) is 0 Å². The minimum atomic E-state index is 0.316. The second-order valence-corrected chi connectivity index (χ2v) is 2.37. The number of hydrogen-bond donors (Lipinski definition) is 2. The number of anilines is 1. The lowest BCUT2D eigenvalue weighted by molar-refractivity contribution is 1.07. The molecule has 0 fully saturated rings. The molecule has 3 nitrogen and oxygen atoms in total. The third kappa shape index (κ3) is 1.97. The van der Waals surface area contributed by atoms with Crippen molar-refractivity contribution in [1.82, 2.24) is 0 Å². The minimum absolute atomic E-state index is 0.316. The van der Waals surface area contributed by atoms with Gasteiger partial charge >= 0.3 is 0 Å². The number of hydrogen-bond acceptors (Lipinski definition) is 3. The first-order valence-corrected chi connectivity index (χ1v) is 3.77. The van der Waals surface area contributed by atoms with Crippen molar-refractivity contribution in [3.63, 3.8) is 0 Å². The van der Waals surface area contributed by atoms with Gasteiger partial charge in [0.25, 0.3) is 0 Å². The monoisotopic (exact) mass is 161 g/mol. The zero-order valence-electron chi connectivity index (χ0n) is 6.75. The van der Waals surface area contributed by atoms with E-state index in [0.29, 0.717) is 13.1 Å². The Kier molecular flexibility index (Phi) is 3.12. The van der Waals surface area contributed by atoms with E-state index in [0.717, 1.165) is 11.3 Å². The van der Waals surface area contributed by atoms with Crippen LogP contribution in [0.5, 0.6) is 0 Å². The second kappa shape index (κ2) is 4.37. The minimum Gasteiger partial charge on any atom is -0.372 e. The van der Waals surface area contributed by atoms with Crippen molar-refractivity contribution in [2.75, 3.05) is 11.9 Å². The Bertz CT molecular complexity index is 288. The summed E-state index contributed by atoms with van der Waals surface area (Å²) in [5.41, 5.74) is 7.48. The van der Waals surface area contributed by atoms with E-state index in [-0.39, 0.29) is 0 Å². The normalized spacial score (nSPS) is 9.00. The molecule has 0 aliphatic rings. The van der Waals surface area contributed by atoms with Gasteiger partial charge in [0.05, 0.1) is 6.07 Å². The van der Waals surface area contributed by atoms with E-state index >= 15 is 0 Å². The molecule has 0 atom stereocenters. The molecule has 3 N–H and O–H groups in total. The molecule has 0 spiro atoms. The third-order valence-electron chi connectivity index (χ3n) is 1.60. The van der Waals surface area contributed by atoms with Gasteiger partial charge in [0.15, 0.2) is 0 Å². The zero-order chi connectivity index (χ0) is 8.81. The smallest absolute Gasteiger partial charge is 0.103 e. The highest BCUT2D eigenvalue weighted by Gasteiger charge is 1.96. The van der Waals surface area contributed by atoms with Gasteiger partial charge in [-0.05, 0) is 11.6 Å². The molecule has 1 aromatic rings. The van der Waals surface area contributed by atoms with E-state index in [1.54, 1.807) is 0 Å². The largest absolute Gasteiger partial charge is 0.372 e. The summed E-state index contributed by atoms with van der Waals surface area (Å²) >= 11 is 0. The molecule has 0 amide bonds. The highest BCUT2D eigenvalue weighted by Crippen LogP contribution is 2.12. The number of benzene rings is 1.